The zero-order valence-corrected chi connectivity index (χ0v) is 18.7. The summed E-state index contributed by atoms with van der Waals surface area (Å²) in [6.45, 7) is 5.67. The summed E-state index contributed by atoms with van der Waals surface area (Å²) >= 11 is 0. The monoisotopic (exact) mass is 447 g/mol. The quantitative estimate of drug-likeness (QED) is 0.434. The van der Waals surface area contributed by atoms with E-state index in [-0.39, 0.29) is 0 Å². The van der Waals surface area contributed by atoms with Crippen molar-refractivity contribution >= 4 is 34.6 Å². The summed E-state index contributed by atoms with van der Waals surface area (Å²) in [6.07, 6.45) is 0. The maximum absolute atomic E-state index is 5.45. The van der Waals surface area contributed by atoms with E-state index in [1.807, 2.05) is 24.3 Å². The normalized spacial score (nSPS) is 15.1. The van der Waals surface area contributed by atoms with Crippen LogP contribution >= 0.6 is 0 Å². The third-order valence-corrected chi connectivity index (χ3v) is 5.75. The van der Waals surface area contributed by atoms with Gasteiger partial charge in [0, 0.05) is 44.1 Å². The number of nitrogens with zero attached hydrogens (tertiary/aromatic N) is 3. The van der Waals surface area contributed by atoms with Gasteiger partial charge in [0.2, 0.25) is 5.95 Å². The molecule has 2 aliphatic rings. The molecular formula is C24H29N7O2. The van der Waals surface area contributed by atoms with E-state index in [2.05, 4.69) is 55.4 Å². The second kappa shape index (κ2) is 9.83. The van der Waals surface area contributed by atoms with E-state index in [4.69, 9.17) is 14.5 Å². The highest BCUT2D eigenvalue weighted by molar-refractivity contribution is 5.80. The van der Waals surface area contributed by atoms with Crippen LogP contribution in [0.4, 0.5) is 34.6 Å². The van der Waals surface area contributed by atoms with Gasteiger partial charge >= 0.3 is 0 Å². The Balaban J connectivity index is 1.32. The maximum Gasteiger partial charge on any atom is 0.231 e. The minimum absolute atomic E-state index is 0.543. The van der Waals surface area contributed by atoms with Gasteiger partial charge < -0.3 is 35.6 Å². The lowest BCUT2D eigenvalue weighted by Crippen LogP contribution is -2.36. The molecule has 0 amide bonds. The Morgan fingerprint density at radius 2 is 1.73 bits per heavy atom. The van der Waals surface area contributed by atoms with Crippen LogP contribution in [-0.4, -0.2) is 56.5 Å². The van der Waals surface area contributed by atoms with Gasteiger partial charge in [-0.15, -0.1) is 0 Å². The summed E-state index contributed by atoms with van der Waals surface area (Å²) in [6, 6.07) is 16.4. The largest absolute Gasteiger partial charge is 0.497 e. The van der Waals surface area contributed by atoms with Crippen LogP contribution in [0.25, 0.3) is 0 Å². The smallest absolute Gasteiger partial charge is 0.231 e. The van der Waals surface area contributed by atoms with Crippen LogP contribution in [0, 0.1) is 0 Å². The first-order valence-electron chi connectivity index (χ1n) is 11.2. The average molecular weight is 448 g/mol. The minimum atomic E-state index is 0.543. The van der Waals surface area contributed by atoms with Crippen molar-refractivity contribution in [1.82, 2.24) is 9.97 Å². The molecule has 9 heteroatoms. The Morgan fingerprint density at radius 1 is 0.970 bits per heavy atom. The second-order valence-electron chi connectivity index (χ2n) is 7.95. The molecule has 3 heterocycles. The lowest BCUT2D eigenvalue weighted by atomic mass is 10.2. The Hall–Kier alpha value is -3.72. The maximum atomic E-state index is 5.45. The highest BCUT2D eigenvalue weighted by Gasteiger charge is 2.18. The minimum Gasteiger partial charge on any atom is -0.497 e. The molecule has 0 spiro atoms. The lowest BCUT2D eigenvalue weighted by Gasteiger charge is -2.29. The van der Waals surface area contributed by atoms with Gasteiger partial charge in [-0.05, 0) is 42.0 Å². The number of benzene rings is 2. The molecule has 1 aromatic heterocycles. The summed E-state index contributed by atoms with van der Waals surface area (Å²) in [4.78, 5) is 11.8. The van der Waals surface area contributed by atoms with Crippen LogP contribution in [0.1, 0.15) is 5.56 Å². The first-order valence-corrected chi connectivity index (χ1v) is 11.2. The molecule has 5 rings (SSSR count). The molecule has 0 atom stereocenters. The number of rotatable bonds is 7. The van der Waals surface area contributed by atoms with Crippen LogP contribution in [0.3, 0.4) is 0 Å². The predicted octanol–water partition coefficient (Wildman–Crippen LogP) is 3.51. The van der Waals surface area contributed by atoms with Gasteiger partial charge in [-0.25, -0.2) is 0 Å². The number of nitrogens with one attached hydrogen (secondary N) is 4. The molecule has 0 bridgehead atoms. The van der Waals surface area contributed by atoms with Crippen molar-refractivity contribution in [3.05, 3.63) is 54.1 Å². The van der Waals surface area contributed by atoms with Gasteiger partial charge in [-0.3, -0.25) is 0 Å². The fraction of sp³-hybridized carbons (Fsp3) is 0.333. The SMILES string of the molecule is COc1ccc(CNc2nc(Nc3ccc(N4CCOCC4)cc3)nc3c2NCCN3)cc1. The molecule has 0 saturated carbocycles. The van der Waals surface area contributed by atoms with Crippen molar-refractivity contribution in [2.45, 2.75) is 6.54 Å². The fourth-order valence-electron chi connectivity index (χ4n) is 3.94. The Kier molecular flexibility index (Phi) is 6.30. The van der Waals surface area contributed by atoms with Crippen LogP contribution in [-0.2, 0) is 11.3 Å². The van der Waals surface area contributed by atoms with E-state index in [1.165, 1.54) is 5.69 Å². The molecule has 0 radical (unpaired) electrons. The highest BCUT2D eigenvalue weighted by Crippen LogP contribution is 2.32. The van der Waals surface area contributed by atoms with E-state index >= 15 is 0 Å². The molecule has 0 unspecified atom stereocenters. The van der Waals surface area contributed by atoms with Gasteiger partial charge in [-0.1, -0.05) is 12.1 Å². The number of fused-ring (bicyclic) bond motifs is 1. The third kappa shape index (κ3) is 5.04. The van der Waals surface area contributed by atoms with Gasteiger partial charge in [0.1, 0.15) is 11.4 Å². The van der Waals surface area contributed by atoms with E-state index in [1.54, 1.807) is 7.11 Å². The fourth-order valence-corrected chi connectivity index (χ4v) is 3.94. The summed E-state index contributed by atoms with van der Waals surface area (Å²) in [5.41, 5.74) is 4.17. The number of ether oxygens (including phenoxy) is 2. The van der Waals surface area contributed by atoms with Gasteiger partial charge in [0.15, 0.2) is 11.6 Å². The third-order valence-electron chi connectivity index (χ3n) is 5.75. The molecule has 9 nitrogen and oxygen atoms in total. The van der Waals surface area contributed by atoms with E-state index in [0.29, 0.717) is 12.5 Å². The van der Waals surface area contributed by atoms with Gasteiger partial charge in [0.05, 0.1) is 20.3 Å². The first kappa shape index (κ1) is 21.1. The molecule has 2 aromatic carbocycles. The van der Waals surface area contributed by atoms with Crippen molar-refractivity contribution < 1.29 is 9.47 Å². The van der Waals surface area contributed by atoms with Crippen LogP contribution < -0.4 is 30.9 Å². The molecule has 3 aromatic rings. The lowest BCUT2D eigenvalue weighted by molar-refractivity contribution is 0.122. The topological polar surface area (TPSA) is 95.6 Å². The Morgan fingerprint density at radius 3 is 2.48 bits per heavy atom. The van der Waals surface area contributed by atoms with Gasteiger partial charge in [0.25, 0.3) is 0 Å². The number of morpholine rings is 1. The van der Waals surface area contributed by atoms with E-state index in [0.717, 1.165) is 73.7 Å². The summed E-state index contributed by atoms with van der Waals surface area (Å²) in [5.74, 6) is 2.94. The van der Waals surface area contributed by atoms with Crippen molar-refractivity contribution in [3.8, 4) is 5.75 Å². The van der Waals surface area contributed by atoms with Crippen molar-refractivity contribution in [2.75, 3.05) is 72.7 Å². The van der Waals surface area contributed by atoms with Gasteiger partial charge in [-0.2, -0.15) is 9.97 Å². The summed E-state index contributed by atoms with van der Waals surface area (Å²) in [5, 5.41) is 13.6. The average Bonchev–Trinajstić information content (AvgIpc) is 2.88. The van der Waals surface area contributed by atoms with Crippen LogP contribution in [0.2, 0.25) is 0 Å². The number of aromatic nitrogens is 2. The Bertz CT molecular complexity index is 1070. The standard InChI is InChI=1S/C24H29N7O2/c1-32-20-8-2-17(3-9-20)16-27-23-21-22(26-11-10-25-21)29-24(30-23)28-18-4-6-19(7-5-18)31-12-14-33-15-13-31/h2-9,25H,10-16H2,1H3,(H3,26,27,28,29,30). The number of hydrogen-bond donors (Lipinski definition) is 4. The number of hydrogen-bond acceptors (Lipinski definition) is 9. The molecule has 0 aliphatic carbocycles. The molecule has 1 saturated heterocycles. The Labute approximate surface area is 193 Å². The van der Waals surface area contributed by atoms with Crippen LogP contribution in [0.5, 0.6) is 5.75 Å². The van der Waals surface area contributed by atoms with Crippen molar-refractivity contribution in [3.63, 3.8) is 0 Å². The molecule has 172 valence electrons. The van der Waals surface area contributed by atoms with Crippen LogP contribution in [0.15, 0.2) is 48.5 Å². The van der Waals surface area contributed by atoms with Crippen molar-refractivity contribution in [2.24, 2.45) is 0 Å². The zero-order chi connectivity index (χ0) is 22.5. The summed E-state index contributed by atoms with van der Waals surface area (Å²) in [7, 11) is 1.67. The van der Waals surface area contributed by atoms with Crippen molar-refractivity contribution in [1.29, 1.82) is 0 Å². The van der Waals surface area contributed by atoms with E-state index in [9.17, 15) is 0 Å². The number of anilines is 6. The first-order chi connectivity index (χ1) is 16.3. The molecule has 2 aliphatic heterocycles. The predicted molar refractivity (Wildman–Crippen MR) is 132 cm³/mol. The highest BCUT2D eigenvalue weighted by atomic mass is 16.5. The molecule has 33 heavy (non-hydrogen) atoms. The van der Waals surface area contributed by atoms with E-state index < -0.39 is 0 Å². The second-order valence-corrected chi connectivity index (χ2v) is 7.95. The summed E-state index contributed by atoms with van der Waals surface area (Å²) < 4.78 is 10.7. The molecule has 1 fully saturated rings. The zero-order valence-electron chi connectivity index (χ0n) is 18.7. The number of methoxy groups -OCH3 is 1. The molecule has 4 N–H and O–H groups in total. The molecular weight excluding hydrogens is 418 g/mol.